The van der Waals surface area contributed by atoms with Crippen LogP contribution in [0.15, 0.2) is 17.2 Å². The van der Waals surface area contributed by atoms with E-state index < -0.39 is 17.7 Å². The number of carbonyl (C=O) groups is 1. The Morgan fingerprint density at radius 1 is 1.59 bits per heavy atom. The molecule has 0 unspecified atom stereocenters. The van der Waals surface area contributed by atoms with E-state index >= 15 is 0 Å². The Kier molecular flexibility index (Phi) is 4.38. The third kappa shape index (κ3) is 3.71. The summed E-state index contributed by atoms with van der Waals surface area (Å²) in [6.45, 7) is 1.85. The topological polar surface area (TPSA) is 76.7 Å². The van der Waals surface area contributed by atoms with E-state index in [0.29, 0.717) is 0 Å². The minimum absolute atomic E-state index is 0.205. The van der Waals surface area contributed by atoms with Gasteiger partial charge in [0.15, 0.2) is 11.6 Å². The van der Waals surface area contributed by atoms with Crippen LogP contribution >= 0.6 is 0 Å². The zero-order valence-corrected chi connectivity index (χ0v) is 9.04. The number of primary amides is 1. The number of ether oxygens (including phenoxy) is 1. The second-order valence-corrected chi connectivity index (χ2v) is 2.98. The largest absolute Gasteiger partial charge is 0.491 e. The van der Waals surface area contributed by atoms with Crippen LogP contribution in [-0.2, 0) is 0 Å². The number of nitrogens with two attached hydrogens (primary N) is 1. The highest BCUT2D eigenvalue weighted by atomic mass is 19.2. The molecule has 0 radical (unpaired) electrons. The molecule has 0 spiro atoms. The third-order valence-electron chi connectivity index (χ3n) is 1.71. The van der Waals surface area contributed by atoms with Crippen molar-refractivity contribution in [3.63, 3.8) is 0 Å². The van der Waals surface area contributed by atoms with Crippen molar-refractivity contribution in [3.8, 4) is 5.75 Å². The Bertz CT molecular complexity index is 449. The van der Waals surface area contributed by atoms with Gasteiger partial charge in [0, 0.05) is 5.56 Å². The molecule has 0 saturated heterocycles. The summed E-state index contributed by atoms with van der Waals surface area (Å²) in [5, 5.41) is 3.42. The predicted octanol–water partition coefficient (Wildman–Crippen LogP) is 1.37. The standard InChI is InChI=1S/C10H11F2N3O2/c1-2-17-8-4-6(3-7(11)9(8)12)5-14-15-10(13)16/h3-5H,2H2,1H3,(H3,13,15,16). The maximum atomic E-state index is 13.2. The van der Waals surface area contributed by atoms with Crippen LogP contribution in [0, 0.1) is 11.6 Å². The summed E-state index contributed by atoms with van der Waals surface area (Å²) < 4.78 is 31.2. The van der Waals surface area contributed by atoms with Crippen molar-refractivity contribution in [1.29, 1.82) is 0 Å². The first-order valence-corrected chi connectivity index (χ1v) is 4.75. The molecule has 0 bridgehead atoms. The molecule has 2 amide bonds. The molecule has 1 aromatic carbocycles. The van der Waals surface area contributed by atoms with Gasteiger partial charge in [-0.2, -0.15) is 9.49 Å². The fraction of sp³-hybridized carbons (Fsp3) is 0.200. The third-order valence-corrected chi connectivity index (χ3v) is 1.71. The van der Waals surface area contributed by atoms with Crippen LogP contribution in [0.2, 0.25) is 0 Å². The Morgan fingerprint density at radius 3 is 2.88 bits per heavy atom. The number of hydrogen-bond donors (Lipinski definition) is 2. The summed E-state index contributed by atoms with van der Waals surface area (Å²) in [5.74, 6) is -2.34. The van der Waals surface area contributed by atoms with E-state index in [0.717, 1.165) is 12.3 Å². The van der Waals surface area contributed by atoms with Crippen molar-refractivity contribution in [2.75, 3.05) is 6.61 Å². The van der Waals surface area contributed by atoms with Gasteiger partial charge in [0.05, 0.1) is 12.8 Å². The molecule has 3 N–H and O–H groups in total. The SMILES string of the molecule is CCOc1cc(C=NNC(N)=O)cc(F)c1F. The van der Waals surface area contributed by atoms with E-state index in [2.05, 4.69) is 5.10 Å². The van der Waals surface area contributed by atoms with Crippen LogP contribution in [0.25, 0.3) is 0 Å². The van der Waals surface area contributed by atoms with Crippen molar-refractivity contribution in [2.24, 2.45) is 10.8 Å². The molecular formula is C10H11F2N3O2. The number of amides is 2. The molecule has 0 aliphatic rings. The Balaban J connectivity index is 2.93. The lowest BCUT2D eigenvalue weighted by atomic mass is 10.2. The number of rotatable bonds is 4. The maximum Gasteiger partial charge on any atom is 0.332 e. The Labute approximate surface area is 96.3 Å². The van der Waals surface area contributed by atoms with E-state index in [1.807, 2.05) is 5.43 Å². The summed E-state index contributed by atoms with van der Waals surface area (Å²) >= 11 is 0. The van der Waals surface area contributed by atoms with Crippen molar-refractivity contribution in [2.45, 2.75) is 6.92 Å². The highest BCUT2D eigenvalue weighted by Crippen LogP contribution is 2.21. The second kappa shape index (κ2) is 5.78. The van der Waals surface area contributed by atoms with Crippen LogP contribution in [0.5, 0.6) is 5.75 Å². The molecule has 1 aromatic rings. The van der Waals surface area contributed by atoms with Gasteiger partial charge < -0.3 is 10.5 Å². The number of halogens is 2. The lowest BCUT2D eigenvalue weighted by Gasteiger charge is -2.06. The monoisotopic (exact) mass is 243 g/mol. The van der Waals surface area contributed by atoms with Crippen molar-refractivity contribution >= 4 is 12.2 Å². The van der Waals surface area contributed by atoms with E-state index in [9.17, 15) is 13.6 Å². The van der Waals surface area contributed by atoms with E-state index in [1.54, 1.807) is 6.92 Å². The zero-order valence-electron chi connectivity index (χ0n) is 9.04. The van der Waals surface area contributed by atoms with Crippen molar-refractivity contribution in [3.05, 3.63) is 29.3 Å². The Morgan fingerprint density at radius 2 is 2.29 bits per heavy atom. The van der Waals surface area contributed by atoms with Gasteiger partial charge in [-0.05, 0) is 19.1 Å². The van der Waals surface area contributed by atoms with Crippen molar-refractivity contribution < 1.29 is 18.3 Å². The second-order valence-electron chi connectivity index (χ2n) is 2.98. The van der Waals surface area contributed by atoms with Crippen LogP contribution in [0.3, 0.4) is 0 Å². The normalized spacial score (nSPS) is 10.5. The van der Waals surface area contributed by atoms with Gasteiger partial charge in [0.1, 0.15) is 0 Å². The molecule has 0 fully saturated rings. The average molecular weight is 243 g/mol. The smallest absolute Gasteiger partial charge is 0.332 e. The summed E-state index contributed by atoms with van der Waals surface area (Å²) in [6, 6.07) is 1.33. The summed E-state index contributed by atoms with van der Waals surface area (Å²) in [5.41, 5.74) is 6.93. The van der Waals surface area contributed by atoms with E-state index in [1.165, 1.54) is 6.07 Å². The minimum Gasteiger partial charge on any atom is -0.491 e. The van der Waals surface area contributed by atoms with Gasteiger partial charge in [-0.3, -0.25) is 0 Å². The molecule has 1 rings (SSSR count). The van der Waals surface area contributed by atoms with Crippen LogP contribution in [0.4, 0.5) is 13.6 Å². The van der Waals surface area contributed by atoms with Crippen LogP contribution < -0.4 is 15.9 Å². The molecule has 0 heterocycles. The van der Waals surface area contributed by atoms with Gasteiger partial charge in [0.25, 0.3) is 0 Å². The molecule has 7 heteroatoms. The lowest BCUT2D eigenvalue weighted by Crippen LogP contribution is -2.24. The zero-order chi connectivity index (χ0) is 12.8. The number of carbonyl (C=O) groups excluding carboxylic acids is 1. The molecule has 5 nitrogen and oxygen atoms in total. The van der Waals surface area contributed by atoms with E-state index in [4.69, 9.17) is 10.5 Å². The molecule has 0 aliphatic carbocycles. The predicted molar refractivity (Wildman–Crippen MR) is 57.8 cm³/mol. The Hall–Kier alpha value is -2.18. The quantitative estimate of drug-likeness (QED) is 0.618. The van der Waals surface area contributed by atoms with Gasteiger partial charge >= 0.3 is 6.03 Å². The minimum atomic E-state index is -1.06. The molecular weight excluding hydrogens is 232 g/mol. The lowest BCUT2D eigenvalue weighted by molar-refractivity contribution is 0.249. The van der Waals surface area contributed by atoms with Gasteiger partial charge in [0.2, 0.25) is 5.82 Å². The van der Waals surface area contributed by atoms with Crippen LogP contribution in [-0.4, -0.2) is 18.9 Å². The number of nitrogens with one attached hydrogen (secondary N) is 1. The fourth-order valence-corrected chi connectivity index (χ4v) is 1.09. The molecule has 0 atom stereocenters. The highest BCUT2D eigenvalue weighted by Gasteiger charge is 2.10. The number of hydrazone groups is 1. The van der Waals surface area contributed by atoms with Crippen molar-refractivity contribution in [1.82, 2.24) is 5.43 Å². The number of urea groups is 1. The summed E-state index contributed by atoms with van der Waals surface area (Å²) in [7, 11) is 0. The molecule has 92 valence electrons. The molecule has 17 heavy (non-hydrogen) atoms. The first kappa shape index (κ1) is 12.9. The van der Waals surface area contributed by atoms with Crippen LogP contribution in [0.1, 0.15) is 12.5 Å². The average Bonchev–Trinajstić information content (AvgIpc) is 2.25. The first-order valence-electron chi connectivity index (χ1n) is 4.75. The number of benzene rings is 1. The fourth-order valence-electron chi connectivity index (χ4n) is 1.09. The van der Waals surface area contributed by atoms with Gasteiger partial charge in [-0.1, -0.05) is 0 Å². The number of nitrogens with zero attached hydrogens (tertiary/aromatic N) is 1. The van der Waals surface area contributed by atoms with Gasteiger partial charge in [-0.15, -0.1) is 0 Å². The highest BCUT2D eigenvalue weighted by molar-refractivity contribution is 5.82. The molecule has 0 aliphatic heterocycles. The summed E-state index contributed by atoms with van der Waals surface area (Å²) in [4.78, 5) is 10.3. The molecule has 0 aromatic heterocycles. The number of hydrogen-bond acceptors (Lipinski definition) is 3. The summed E-state index contributed by atoms with van der Waals surface area (Å²) in [6.07, 6.45) is 1.12. The first-order chi connectivity index (χ1) is 8.04. The molecule has 0 saturated carbocycles. The van der Waals surface area contributed by atoms with E-state index in [-0.39, 0.29) is 17.9 Å². The maximum absolute atomic E-state index is 13.2. The van der Waals surface area contributed by atoms with Gasteiger partial charge in [-0.25, -0.2) is 14.6 Å².